The number of thiocarbonyl (C=S) groups is 1. The molecule has 2 nitrogen and oxygen atoms in total. The van der Waals surface area contributed by atoms with Crippen molar-refractivity contribution < 1.29 is 8.78 Å². The molecule has 0 aliphatic carbocycles. The van der Waals surface area contributed by atoms with Gasteiger partial charge >= 0.3 is 0 Å². The van der Waals surface area contributed by atoms with Gasteiger partial charge in [-0.3, -0.25) is 0 Å². The summed E-state index contributed by atoms with van der Waals surface area (Å²) in [5.74, 6) is -1.28. The van der Waals surface area contributed by atoms with Crippen LogP contribution in [0.2, 0.25) is 0 Å². The van der Waals surface area contributed by atoms with E-state index in [0.29, 0.717) is 11.7 Å². The van der Waals surface area contributed by atoms with Crippen LogP contribution in [0.1, 0.15) is 4.88 Å². The second kappa shape index (κ2) is 5.88. The minimum Gasteiger partial charge on any atom is -0.358 e. The minimum absolute atomic E-state index is 0.288. The van der Waals surface area contributed by atoms with Crippen LogP contribution in [0, 0.1) is 11.6 Å². The SMILES string of the molecule is Fc1cc(F)cc(NC(=S)NCc2cccs2)c1. The van der Waals surface area contributed by atoms with Crippen LogP contribution in [-0.4, -0.2) is 5.11 Å². The number of hydrogen-bond donors (Lipinski definition) is 2. The molecule has 0 saturated heterocycles. The molecule has 94 valence electrons. The van der Waals surface area contributed by atoms with E-state index in [1.165, 1.54) is 12.1 Å². The molecule has 0 bridgehead atoms. The lowest BCUT2D eigenvalue weighted by atomic mass is 10.3. The first-order valence-corrected chi connectivity index (χ1v) is 6.45. The maximum atomic E-state index is 12.9. The van der Waals surface area contributed by atoms with E-state index in [0.717, 1.165) is 10.9 Å². The summed E-state index contributed by atoms with van der Waals surface area (Å²) >= 11 is 6.64. The van der Waals surface area contributed by atoms with Crippen LogP contribution in [-0.2, 0) is 6.54 Å². The lowest BCUT2D eigenvalue weighted by Gasteiger charge is -2.09. The Hall–Kier alpha value is -1.53. The van der Waals surface area contributed by atoms with E-state index in [-0.39, 0.29) is 5.69 Å². The summed E-state index contributed by atoms with van der Waals surface area (Å²) in [5.41, 5.74) is 0.288. The van der Waals surface area contributed by atoms with Crippen molar-refractivity contribution in [3.8, 4) is 0 Å². The lowest BCUT2D eigenvalue weighted by Crippen LogP contribution is -2.27. The molecule has 1 aromatic carbocycles. The third-order valence-electron chi connectivity index (χ3n) is 2.12. The Bertz CT molecular complexity index is 521. The Labute approximate surface area is 113 Å². The Balaban J connectivity index is 1.90. The standard InChI is InChI=1S/C12H10F2N2S2/c13-8-4-9(14)6-10(5-8)16-12(17)15-7-11-2-1-3-18-11/h1-6H,7H2,(H2,15,16,17). The van der Waals surface area contributed by atoms with Gasteiger partial charge in [0.25, 0.3) is 0 Å². The number of rotatable bonds is 3. The first kappa shape index (κ1) is 12.9. The highest BCUT2D eigenvalue weighted by Gasteiger charge is 2.02. The molecule has 0 saturated carbocycles. The fraction of sp³-hybridized carbons (Fsp3) is 0.0833. The van der Waals surface area contributed by atoms with Crippen LogP contribution in [0.5, 0.6) is 0 Å². The Morgan fingerprint density at radius 1 is 1.22 bits per heavy atom. The van der Waals surface area contributed by atoms with E-state index in [2.05, 4.69) is 10.6 Å². The van der Waals surface area contributed by atoms with Gasteiger partial charge in [0.1, 0.15) is 11.6 Å². The predicted octanol–water partition coefficient (Wildman–Crippen LogP) is 3.51. The average molecular weight is 284 g/mol. The highest BCUT2D eigenvalue weighted by Crippen LogP contribution is 2.13. The number of benzene rings is 1. The van der Waals surface area contributed by atoms with E-state index < -0.39 is 11.6 Å². The Morgan fingerprint density at radius 3 is 2.56 bits per heavy atom. The number of anilines is 1. The quantitative estimate of drug-likeness (QED) is 0.843. The van der Waals surface area contributed by atoms with E-state index in [4.69, 9.17) is 12.2 Å². The fourth-order valence-electron chi connectivity index (χ4n) is 1.38. The van der Waals surface area contributed by atoms with Crippen molar-refractivity contribution in [3.63, 3.8) is 0 Å². The van der Waals surface area contributed by atoms with Crippen LogP contribution in [0.15, 0.2) is 35.7 Å². The highest BCUT2D eigenvalue weighted by molar-refractivity contribution is 7.80. The van der Waals surface area contributed by atoms with Gasteiger partial charge < -0.3 is 10.6 Å². The number of thiophene rings is 1. The van der Waals surface area contributed by atoms with Crippen molar-refractivity contribution >= 4 is 34.4 Å². The summed E-state index contributed by atoms with van der Waals surface area (Å²) in [6.07, 6.45) is 0. The van der Waals surface area contributed by atoms with Gasteiger partial charge in [-0.15, -0.1) is 11.3 Å². The molecule has 2 rings (SSSR count). The van der Waals surface area contributed by atoms with E-state index in [1.54, 1.807) is 11.3 Å². The van der Waals surface area contributed by atoms with Crippen LogP contribution in [0.3, 0.4) is 0 Å². The van der Waals surface area contributed by atoms with Crippen LogP contribution in [0.25, 0.3) is 0 Å². The van der Waals surface area contributed by atoms with Gasteiger partial charge in [-0.2, -0.15) is 0 Å². The summed E-state index contributed by atoms with van der Waals surface area (Å²) in [7, 11) is 0. The van der Waals surface area contributed by atoms with E-state index >= 15 is 0 Å². The van der Waals surface area contributed by atoms with Gasteiger partial charge in [-0.1, -0.05) is 6.07 Å². The van der Waals surface area contributed by atoms with Gasteiger partial charge in [-0.05, 0) is 35.8 Å². The summed E-state index contributed by atoms with van der Waals surface area (Å²) < 4.78 is 25.9. The zero-order chi connectivity index (χ0) is 13.0. The minimum atomic E-state index is -0.640. The second-order valence-corrected chi connectivity index (χ2v) is 4.99. The lowest BCUT2D eigenvalue weighted by molar-refractivity contribution is 0.584. The molecule has 0 aliphatic heterocycles. The van der Waals surface area contributed by atoms with Crippen molar-refractivity contribution in [2.24, 2.45) is 0 Å². The van der Waals surface area contributed by atoms with Gasteiger partial charge in [0, 0.05) is 16.6 Å². The predicted molar refractivity (Wildman–Crippen MR) is 73.7 cm³/mol. The summed E-state index contributed by atoms with van der Waals surface area (Å²) in [6.45, 7) is 0.585. The third-order valence-corrected chi connectivity index (χ3v) is 3.25. The molecular formula is C12H10F2N2S2. The van der Waals surface area contributed by atoms with E-state index in [1.807, 2.05) is 17.5 Å². The van der Waals surface area contributed by atoms with Crippen LogP contribution < -0.4 is 10.6 Å². The first-order valence-electron chi connectivity index (χ1n) is 5.17. The Kier molecular flexibility index (Phi) is 4.22. The van der Waals surface area contributed by atoms with Crippen molar-refractivity contribution in [3.05, 3.63) is 52.2 Å². The average Bonchev–Trinajstić information content (AvgIpc) is 2.77. The molecular weight excluding hydrogens is 274 g/mol. The number of hydrogen-bond acceptors (Lipinski definition) is 2. The molecule has 1 heterocycles. The van der Waals surface area contributed by atoms with Gasteiger partial charge in [0.15, 0.2) is 5.11 Å². The van der Waals surface area contributed by atoms with Crippen molar-refractivity contribution in [2.75, 3.05) is 5.32 Å². The highest BCUT2D eigenvalue weighted by atomic mass is 32.1. The van der Waals surface area contributed by atoms with Crippen molar-refractivity contribution in [2.45, 2.75) is 6.54 Å². The van der Waals surface area contributed by atoms with Gasteiger partial charge in [0.2, 0.25) is 0 Å². The van der Waals surface area contributed by atoms with Crippen LogP contribution >= 0.6 is 23.6 Å². The number of halogens is 2. The topological polar surface area (TPSA) is 24.1 Å². The normalized spacial score (nSPS) is 10.1. The fourth-order valence-corrected chi connectivity index (χ4v) is 2.22. The first-order chi connectivity index (χ1) is 8.63. The molecule has 0 aliphatic rings. The molecule has 0 unspecified atom stereocenters. The number of nitrogens with one attached hydrogen (secondary N) is 2. The molecule has 2 N–H and O–H groups in total. The molecule has 0 radical (unpaired) electrons. The maximum absolute atomic E-state index is 12.9. The second-order valence-electron chi connectivity index (χ2n) is 3.55. The van der Waals surface area contributed by atoms with Crippen molar-refractivity contribution in [1.29, 1.82) is 0 Å². The van der Waals surface area contributed by atoms with Crippen LogP contribution in [0.4, 0.5) is 14.5 Å². The van der Waals surface area contributed by atoms with Gasteiger partial charge in [0.05, 0.1) is 6.54 Å². The van der Waals surface area contributed by atoms with Gasteiger partial charge in [-0.25, -0.2) is 8.78 Å². The molecule has 18 heavy (non-hydrogen) atoms. The Morgan fingerprint density at radius 2 is 1.94 bits per heavy atom. The molecule has 0 amide bonds. The summed E-state index contributed by atoms with van der Waals surface area (Å²) in [6, 6.07) is 7.10. The zero-order valence-corrected chi connectivity index (χ0v) is 10.9. The summed E-state index contributed by atoms with van der Waals surface area (Å²) in [4.78, 5) is 1.13. The maximum Gasteiger partial charge on any atom is 0.171 e. The summed E-state index contributed by atoms with van der Waals surface area (Å²) in [5, 5.41) is 7.98. The molecule has 0 atom stereocenters. The molecule has 2 aromatic rings. The zero-order valence-electron chi connectivity index (χ0n) is 9.24. The monoisotopic (exact) mass is 284 g/mol. The third kappa shape index (κ3) is 3.75. The molecule has 0 spiro atoms. The molecule has 1 aromatic heterocycles. The molecule has 6 heteroatoms. The largest absolute Gasteiger partial charge is 0.358 e. The van der Waals surface area contributed by atoms with E-state index in [9.17, 15) is 8.78 Å². The smallest absolute Gasteiger partial charge is 0.171 e. The van der Waals surface area contributed by atoms with Crippen molar-refractivity contribution in [1.82, 2.24) is 5.32 Å². The molecule has 0 fully saturated rings.